The highest BCUT2D eigenvalue weighted by Crippen LogP contribution is 2.43. The molecule has 0 heterocycles. The van der Waals surface area contributed by atoms with Crippen LogP contribution in [-0.4, -0.2) is 49.3 Å². The summed E-state index contributed by atoms with van der Waals surface area (Å²) >= 11 is 0. The summed E-state index contributed by atoms with van der Waals surface area (Å²) in [6.45, 7) is 3.65. The third kappa shape index (κ3) is 56.6. The summed E-state index contributed by atoms with van der Waals surface area (Å²) in [6, 6.07) is 0. The summed E-state index contributed by atoms with van der Waals surface area (Å²) in [6.07, 6.45) is 72.5. The molecule has 0 fully saturated rings. The molecule has 9 nitrogen and oxygen atoms in total. The largest absolute Gasteiger partial charge is 0.472 e. The van der Waals surface area contributed by atoms with Crippen LogP contribution in [0, 0.1) is 0 Å². The van der Waals surface area contributed by atoms with E-state index in [0.717, 1.165) is 83.5 Å². The Kier molecular flexibility index (Phi) is 54.7. The third-order valence-electron chi connectivity index (χ3n) is 12.6. The Morgan fingerprint density at radius 1 is 0.437 bits per heavy atom. The number of phosphoric ester groups is 1. The second kappa shape index (κ2) is 56.7. The van der Waals surface area contributed by atoms with Crippen LogP contribution in [0.5, 0.6) is 0 Å². The van der Waals surface area contributed by atoms with E-state index in [2.05, 4.69) is 86.8 Å². The molecule has 0 aromatic heterocycles. The fourth-order valence-corrected chi connectivity index (χ4v) is 9.01. The van der Waals surface area contributed by atoms with Gasteiger partial charge in [0.05, 0.1) is 13.2 Å². The lowest BCUT2D eigenvalue weighted by Crippen LogP contribution is -2.29. The van der Waals surface area contributed by atoms with Gasteiger partial charge in [-0.15, -0.1) is 0 Å². The van der Waals surface area contributed by atoms with Crippen molar-refractivity contribution in [3.63, 3.8) is 0 Å². The van der Waals surface area contributed by atoms with Crippen molar-refractivity contribution in [2.75, 3.05) is 26.4 Å². The molecule has 412 valence electrons. The van der Waals surface area contributed by atoms with Gasteiger partial charge in [0.1, 0.15) is 6.61 Å². The zero-order valence-corrected chi connectivity index (χ0v) is 46.8. The van der Waals surface area contributed by atoms with Gasteiger partial charge in [0.2, 0.25) is 0 Å². The molecule has 3 N–H and O–H groups in total. The van der Waals surface area contributed by atoms with Gasteiger partial charge in [-0.3, -0.25) is 18.6 Å². The minimum atomic E-state index is -4.39. The Morgan fingerprint density at radius 2 is 0.775 bits per heavy atom. The number of nitrogens with two attached hydrogens (primary N) is 1. The molecule has 0 aromatic rings. The number of phosphoric acid groups is 1. The minimum absolute atomic E-state index is 0.0521. The predicted molar refractivity (Wildman–Crippen MR) is 302 cm³/mol. The quantitative estimate of drug-likeness (QED) is 0.0264. The summed E-state index contributed by atoms with van der Waals surface area (Å²) in [5.41, 5.74) is 5.38. The Labute approximate surface area is 437 Å². The van der Waals surface area contributed by atoms with Crippen LogP contribution in [0.15, 0.2) is 72.9 Å². The lowest BCUT2D eigenvalue weighted by molar-refractivity contribution is -0.161. The van der Waals surface area contributed by atoms with E-state index in [-0.39, 0.29) is 38.6 Å². The van der Waals surface area contributed by atoms with Gasteiger partial charge in [-0.25, -0.2) is 4.57 Å². The number of ether oxygens (including phenoxy) is 2. The van der Waals surface area contributed by atoms with Gasteiger partial charge < -0.3 is 20.1 Å². The molecule has 0 radical (unpaired) electrons. The van der Waals surface area contributed by atoms with Crippen molar-refractivity contribution in [3.05, 3.63) is 72.9 Å². The monoisotopic (exact) mass is 1020 g/mol. The van der Waals surface area contributed by atoms with E-state index in [0.29, 0.717) is 6.42 Å². The molecule has 0 rings (SSSR count). The first-order valence-corrected chi connectivity index (χ1v) is 30.9. The van der Waals surface area contributed by atoms with E-state index in [1.807, 2.05) is 0 Å². The highest BCUT2D eigenvalue weighted by molar-refractivity contribution is 7.47. The summed E-state index contributed by atoms with van der Waals surface area (Å²) in [5.74, 6) is -0.825. The molecule has 0 amide bonds. The molecule has 10 heteroatoms. The van der Waals surface area contributed by atoms with Crippen LogP contribution in [0.2, 0.25) is 0 Å². The maximum absolute atomic E-state index is 12.7. The maximum atomic E-state index is 12.7. The Balaban J connectivity index is 3.90. The van der Waals surface area contributed by atoms with Crippen LogP contribution in [0.1, 0.15) is 271 Å². The second-order valence-electron chi connectivity index (χ2n) is 19.5. The van der Waals surface area contributed by atoms with Crippen LogP contribution in [0.3, 0.4) is 0 Å². The van der Waals surface area contributed by atoms with E-state index in [1.165, 1.54) is 154 Å². The van der Waals surface area contributed by atoms with E-state index in [1.54, 1.807) is 0 Å². The van der Waals surface area contributed by atoms with Gasteiger partial charge in [0.25, 0.3) is 0 Å². The molecular weight excluding hydrogens is 906 g/mol. The van der Waals surface area contributed by atoms with Crippen molar-refractivity contribution in [2.24, 2.45) is 5.73 Å². The molecule has 0 aliphatic rings. The summed E-state index contributed by atoms with van der Waals surface area (Å²) < 4.78 is 33.0. The Morgan fingerprint density at radius 3 is 1.17 bits per heavy atom. The number of carbonyl (C=O) groups excluding carboxylic acids is 2. The highest BCUT2D eigenvalue weighted by Gasteiger charge is 2.26. The van der Waals surface area contributed by atoms with Crippen molar-refractivity contribution in [2.45, 2.75) is 277 Å². The van der Waals surface area contributed by atoms with Crippen LogP contribution < -0.4 is 5.73 Å². The van der Waals surface area contributed by atoms with Gasteiger partial charge in [0.15, 0.2) is 6.10 Å². The zero-order chi connectivity index (χ0) is 51.7. The first-order valence-electron chi connectivity index (χ1n) is 29.4. The zero-order valence-electron chi connectivity index (χ0n) is 45.9. The van der Waals surface area contributed by atoms with Crippen molar-refractivity contribution in [3.8, 4) is 0 Å². The number of rotatable bonds is 55. The average Bonchev–Trinajstić information content (AvgIpc) is 3.36. The topological polar surface area (TPSA) is 134 Å². The number of hydrogen-bond donors (Lipinski definition) is 2. The molecule has 0 saturated carbocycles. The predicted octanol–water partition coefficient (Wildman–Crippen LogP) is 18.5. The number of allylic oxidation sites excluding steroid dienone is 12. The van der Waals surface area contributed by atoms with E-state index in [4.69, 9.17) is 24.3 Å². The molecule has 2 atom stereocenters. The summed E-state index contributed by atoms with van der Waals surface area (Å²) in [5, 5.41) is 0. The third-order valence-corrected chi connectivity index (χ3v) is 13.6. The first kappa shape index (κ1) is 68.5. The maximum Gasteiger partial charge on any atom is 0.472 e. The lowest BCUT2D eigenvalue weighted by Gasteiger charge is -2.19. The Hall–Kier alpha value is -2.55. The molecule has 0 aliphatic heterocycles. The van der Waals surface area contributed by atoms with Gasteiger partial charge >= 0.3 is 19.8 Å². The van der Waals surface area contributed by atoms with E-state index < -0.39 is 26.5 Å². The molecule has 71 heavy (non-hydrogen) atoms. The SMILES string of the molecule is CC/C=C\C/C=C\C/C=C\C/C=C\C/C=C\CCCCCCCCCCCCCCCCCCCC(=O)OC(COC(=O)CCCCCCCCC/C=C\CCCCCCCC)COP(=O)(O)OCCN. The summed E-state index contributed by atoms with van der Waals surface area (Å²) in [7, 11) is -4.39. The van der Waals surface area contributed by atoms with Crippen molar-refractivity contribution in [1.82, 2.24) is 0 Å². The van der Waals surface area contributed by atoms with Crippen LogP contribution in [-0.2, 0) is 32.7 Å². The van der Waals surface area contributed by atoms with Crippen molar-refractivity contribution < 1.29 is 37.6 Å². The second-order valence-corrected chi connectivity index (χ2v) is 20.9. The Bertz CT molecular complexity index is 1390. The molecule has 0 bridgehead atoms. The van der Waals surface area contributed by atoms with E-state index in [9.17, 15) is 19.0 Å². The normalized spacial score (nSPS) is 13.6. The highest BCUT2D eigenvalue weighted by atomic mass is 31.2. The first-order chi connectivity index (χ1) is 34.8. The molecule has 0 saturated heterocycles. The molecular formula is C61H110NO8P. The van der Waals surface area contributed by atoms with Gasteiger partial charge in [-0.1, -0.05) is 247 Å². The van der Waals surface area contributed by atoms with E-state index >= 15 is 0 Å². The fraction of sp³-hybridized carbons (Fsp3) is 0.770. The number of hydrogen-bond acceptors (Lipinski definition) is 8. The number of unbranched alkanes of at least 4 members (excludes halogenated alkanes) is 30. The standard InChI is InChI=1S/C61H110NO8P/c1-3-5-7-9-11-13-15-17-19-21-22-23-24-25-26-27-28-29-30-31-32-33-34-35-36-38-40-42-44-46-48-50-52-54-61(64)70-59(58-69-71(65,66)68-56-55-62)57-67-60(63)53-51-49-47-45-43-41-39-37-20-18-16-14-12-10-8-6-4-2/h5,7,11,13,17-20,22-23,25-26,59H,3-4,6,8-10,12,14-16,21,24,27-58,62H2,1-2H3,(H,65,66)/b7-5-,13-11-,19-17-,20-18-,23-22-,26-25-. The van der Waals surface area contributed by atoms with Crippen LogP contribution in [0.25, 0.3) is 0 Å². The molecule has 0 aromatic carbocycles. The fourth-order valence-electron chi connectivity index (χ4n) is 8.25. The van der Waals surface area contributed by atoms with Gasteiger partial charge in [-0.2, -0.15) is 0 Å². The number of esters is 2. The smallest absolute Gasteiger partial charge is 0.462 e. The average molecular weight is 1020 g/mol. The summed E-state index contributed by atoms with van der Waals surface area (Å²) in [4.78, 5) is 35.2. The molecule has 0 spiro atoms. The molecule has 2 unspecified atom stereocenters. The molecule has 0 aliphatic carbocycles. The van der Waals surface area contributed by atoms with Gasteiger partial charge in [-0.05, 0) is 83.5 Å². The van der Waals surface area contributed by atoms with Crippen molar-refractivity contribution in [1.29, 1.82) is 0 Å². The minimum Gasteiger partial charge on any atom is -0.462 e. The van der Waals surface area contributed by atoms with Crippen molar-refractivity contribution >= 4 is 19.8 Å². The number of carbonyl (C=O) groups is 2. The van der Waals surface area contributed by atoms with Gasteiger partial charge in [0, 0.05) is 19.4 Å². The lowest BCUT2D eigenvalue weighted by atomic mass is 10.0. The van der Waals surface area contributed by atoms with Crippen LogP contribution >= 0.6 is 7.82 Å². The van der Waals surface area contributed by atoms with Crippen LogP contribution in [0.4, 0.5) is 0 Å².